The first-order valence-corrected chi connectivity index (χ1v) is 6.64. The van der Waals surface area contributed by atoms with Gasteiger partial charge in [-0.25, -0.2) is 9.37 Å². The van der Waals surface area contributed by atoms with Crippen molar-refractivity contribution in [2.45, 2.75) is 19.9 Å². The molecule has 2 aromatic rings. The normalized spacial score (nSPS) is 12.2. The summed E-state index contributed by atoms with van der Waals surface area (Å²) >= 11 is 1.33. The SMILES string of the molecule is Cc1c(F)cccc1NC(=O)c1csc(C(C)N)n1. The summed E-state index contributed by atoms with van der Waals surface area (Å²) in [6, 6.07) is 4.34. The quantitative estimate of drug-likeness (QED) is 0.907. The Morgan fingerprint density at radius 2 is 2.26 bits per heavy atom. The summed E-state index contributed by atoms with van der Waals surface area (Å²) in [6.45, 7) is 3.41. The average Bonchev–Trinajstić information content (AvgIpc) is 2.84. The van der Waals surface area contributed by atoms with Crippen LogP contribution in [0.2, 0.25) is 0 Å². The van der Waals surface area contributed by atoms with Gasteiger partial charge in [0.25, 0.3) is 5.91 Å². The van der Waals surface area contributed by atoms with Crippen molar-refractivity contribution in [3.05, 3.63) is 45.7 Å². The number of aromatic nitrogens is 1. The fourth-order valence-electron chi connectivity index (χ4n) is 1.53. The minimum Gasteiger partial charge on any atom is -0.322 e. The van der Waals surface area contributed by atoms with Crippen LogP contribution in [-0.2, 0) is 0 Å². The Labute approximate surface area is 114 Å². The number of amides is 1. The van der Waals surface area contributed by atoms with Crippen LogP contribution in [0.1, 0.15) is 34.0 Å². The second-order valence-electron chi connectivity index (χ2n) is 4.23. The molecule has 1 unspecified atom stereocenters. The van der Waals surface area contributed by atoms with Gasteiger partial charge in [0.2, 0.25) is 0 Å². The molecule has 0 bridgehead atoms. The third-order valence-corrected chi connectivity index (χ3v) is 3.71. The van der Waals surface area contributed by atoms with Gasteiger partial charge in [-0.3, -0.25) is 4.79 Å². The van der Waals surface area contributed by atoms with Crippen molar-refractivity contribution in [3.63, 3.8) is 0 Å². The highest BCUT2D eigenvalue weighted by Crippen LogP contribution is 2.20. The van der Waals surface area contributed by atoms with Crippen molar-refractivity contribution in [1.29, 1.82) is 0 Å². The maximum absolute atomic E-state index is 13.4. The van der Waals surface area contributed by atoms with Gasteiger partial charge in [0.1, 0.15) is 16.5 Å². The number of nitrogens with one attached hydrogen (secondary N) is 1. The second kappa shape index (κ2) is 5.46. The van der Waals surface area contributed by atoms with Crippen LogP contribution in [0.4, 0.5) is 10.1 Å². The Balaban J connectivity index is 2.18. The van der Waals surface area contributed by atoms with E-state index in [0.717, 1.165) is 0 Å². The molecule has 100 valence electrons. The highest BCUT2D eigenvalue weighted by molar-refractivity contribution is 7.09. The number of hydrogen-bond donors (Lipinski definition) is 2. The zero-order chi connectivity index (χ0) is 14.0. The maximum Gasteiger partial charge on any atom is 0.275 e. The fraction of sp³-hybridized carbons (Fsp3) is 0.231. The fourth-order valence-corrected chi connectivity index (χ4v) is 2.29. The molecular formula is C13H14FN3OS. The predicted molar refractivity (Wildman–Crippen MR) is 73.8 cm³/mol. The molecule has 4 nitrogen and oxygen atoms in total. The number of nitrogens with zero attached hydrogens (tertiary/aromatic N) is 1. The molecule has 0 saturated heterocycles. The Bertz CT molecular complexity index is 610. The van der Waals surface area contributed by atoms with E-state index in [1.807, 2.05) is 0 Å². The number of benzene rings is 1. The van der Waals surface area contributed by atoms with E-state index in [2.05, 4.69) is 10.3 Å². The van der Waals surface area contributed by atoms with Crippen LogP contribution < -0.4 is 11.1 Å². The second-order valence-corrected chi connectivity index (χ2v) is 5.12. The van der Waals surface area contributed by atoms with E-state index >= 15 is 0 Å². The lowest BCUT2D eigenvalue weighted by Crippen LogP contribution is -2.14. The number of nitrogens with two attached hydrogens (primary N) is 1. The van der Waals surface area contributed by atoms with Crippen LogP contribution in [0, 0.1) is 12.7 Å². The van der Waals surface area contributed by atoms with Crippen LogP contribution in [0.5, 0.6) is 0 Å². The molecule has 1 atom stereocenters. The van der Waals surface area contributed by atoms with Crippen molar-refractivity contribution in [2.24, 2.45) is 5.73 Å². The number of hydrogen-bond acceptors (Lipinski definition) is 4. The number of halogens is 1. The average molecular weight is 279 g/mol. The molecule has 1 aromatic heterocycles. The van der Waals surface area contributed by atoms with Crippen molar-refractivity contribution >= 4 is 22.9 Å². The predicted octanol–water partition coefficient (Wildman–Crippen LogP) is 2.86. The summed E-state index contributed by atoms with van der Waals surface area (Å²) in [7, 11) is 0. The molecule has 0 aliphatic carbocycles. The van der Waals surface area contributed by atoms with Crippen LogP contribution in [0.3, 0.4) is 0 Å². The van der Waals surface area contributed by atoms with Gasteiger partial charge in [-0.1, -0.05) is 6.07 Å². The summed E-state index contributed by atoms with van der Waals surface area (Å²) in [4.78, 5) is 16.1. The molecule has 0 aliphatic rings. The summed E-state index contributed by atoms with van der Waals surface area (Å²) in [5.74, 6) is -0.718. The maximum atomic E-state index is 13.4. The van der Waals surface area contributed by atoms with E-state index in [-0.39, 0.29) is 17.8 Å². The highest BCUT2D eigenvalue weighted by atomic mass is 32.1. The Morgan fingerprint density at radius 3 is 2.89 bits per heavy atom. The van der Waals surface area contributed by atoms with Gasteiger partial charge in [0, 0.05) is 16.6 Å². The molecular weight excluding hydrogens is 265 g/mol. The molecule has 6 heteroatoms. The lowest BCUT2D eigenvalue weighted by molar-refractivity contribution is 0.102. The van der Waals surface area contributed by atoms with E-state index in [1.165, 1.54) is 17.4 Å². The van der Waals surface area contributed by atoms with Crippen LogP contribution >= 0.6 is 11.3 Å². The topological polar surface area (TPSA) is 68.0 Å². The smallest absolute Gasteiger partial charge is 0.275 e. The highest BCUT2D eigenvalue weighted by Gasteiger charge is 2.14. The van der Waals surface area contributed by atoms with Crippen molar-refractivity contribution < 1.29 is 9.18 Å². The third-order valence-electron chi connectivity index (χ3n) is 2.66. The third kappa shape index (κ3) is 2.97. The number of rotatable bonds is 3. The molecule has 1 aromatic carbocycles. The van der Waals surface area contributed by atoms with Gasteiger partial charge < -0.3 is 11.1 Å². The largest absolute Gasteiger partial charge is 0.322 e. The van der Waals surface area contributed by atoms with E-state index in [4.69, 9.17) is 5.73 Å². The van der Waals surface area contributed by atoms with Gasteiger partial charge in [-0.2, -0.15) is 0 Å². The van der Waals surface area contributed by atoms with Crippen LogP contribution in [-0.4, -0.2) is 10.9 Å². The molecule has 0 spiro atoms. The zero-order valence-electron chi connectivity index (χ0n) is 10.6. The van der Waals surface area contributed by atoms with Crippen LogP contribution in [0.15, 0.2) is 23.6 Å². The number of carbonyl (C=O) groups excluding carboxylic acids is 1. The summed E-state index contributed by atoms with van der Waals surface area (Å²) in [5, 5.41) is 4.98. The molecule has 1 heterocycles. The first-order valence-electron chi connectivity index (χ1n) is 5.76. The molecule has 0 aliphatic heterocycles. The molecule has 19 heavy (non-hydrogen) atoms. The Kier molecular flexibility index (Phi) is 3.92. The summed E-state index contributed by atoms with van der Waals surface area (Å²) < 4.78 is 13.4. The van der Waals surface area contributed by atoms with Crippen LogP contribution in [0.25, 0.3) is 0 Å². The van der Waals surface area contributed by atoms with E-state index in [9.17, 15) is 9.18 Å². The molecule has 1 amide bonds. The van der Waals surface area contributed by atoms with E-state index < -0.39 is 0 Å². The van der Waals surface area contributed by atoms with Crippen molar-refractivity contribution in [2.75, 3.05) is 5.32 Å². The molecule has 2 rings (SSSR count). The lowest BCUT2D eigenvalue weighted by Gasteiger charge is -2.07. The number of anilines is 1. The first kappa shape index (κ1) is 13.6. The molecule has 0 saturated carbocycles. The van der Waals surface area contributed by atoms with Crippen molar-refractivity contribution in [1.82, 2.24) is 4.98 Å². The van der Waals surface area contributed by atoms with Crippen molar-refractivity contribution in [3.8, 4) is 0 Å². The molecule has 0 radical (unpaired) electrons. The standard InChI is InChI=1S/C13H14FN3OS/c1-7-9(14)4-3-5-10(7)16-12(18)11-6-19-13(17-11)8(2)15/h3-6,8H,15H2,1-2H3,(H,16,18). The minimum absolute atomic E-state index is 0.206. The summed E-state index contributed by atoms with van der Waals surface area (Å²) in [5.41, 5.74) is 6.83. The van der Waals surface area contributed by atoms with Gasteiger partial charge in [0.15, 0.2) is 0 Å². The zero-order valence-corrected chi connectivity index (χ0v) is 11.4. The number of thiazole rings is 1. The summed E-state index contributed by atoms with van der Waals surface area (Å²) in [6.07, 6.45) is 0. The van der Waals surface area contributed by atoms with E-state index in [0.29, 0.717) is 22.0 Å². The lowest BCUT2D eigenvalue weighted by atomic mass is 10.2. The monoisotopic (exact) mass is 279 g/mol. The number of carbonyl (C=O) groups is 1. The van der Waals surface area contributed by atoms with E-state index in [1.54, 1.807) is 31.4 Å². The molecule has 0 fully saturated rings. The minimum atomic E-state index is -0.364. The van der Waals surface area contributed by atoms with Gasteiger partial charge in [-0.05, 0) is 26.0 Å². The van der Waals surface area contributed by atoms with Gasteiger partial charge >= 0.3 is 0 Å². The Morgan fingerprint density at radius 1 is 1.53 bits per heavy atom. The first-order chi connectivity index (χ1) is 8.99. The van der Waals surface area contributed by atoms with Gasteiger partial charge in [0.05, 0.1) is 6.04 Å². The molecule has 3 N–H and O–H groups in total. The van der Waals surface area contributed by atoms with Gasteiger partial charge in [-0.15, -0.1) is 11.3 Å². The Hall–Kier alpha value is -1.79.